The van der Waals surface area contributed by atoms with E-state index in [9.17, 15) is 0 Å². The SMILES string of the molecule is Cc1cccn2nc(-c3ccc(CN)cc3)nc12. The van der Waals surface area contributed by atoms with E-state index in [0.29, 0.717) is 6.54 Å². The van der Waals surface area contributed by atoms with E-state index in [-0.39, 0.29) is 0 Å². The lowest BCUT2D eigenvalue weighted by Gasteiger charge is -1.97. The number of fused-ring (bicyclic) bond motifs is 1. The van der Waals surface area contributed by atoms with Crippen molar-refractivity contribution in [3.8, 4) is 11.4 Å². The van der Waals surface area contributed by atoms with Gasteiger partial charge in [-0.3, -0.25) is 0 Å². The number of pyridine rings is 1. The Balaban J connectivity index is 2.10. The van der Waals surface area contributed by atoms with Crippen molar-refractivity contribution in [3.05, 3.63) is 53.7 Å². The molecule has 0 saturated carbocycles. The zero-order chi connectivity index (χ0) is 12.5. The van der Waals surface area contributed by atoms with Gasteiger partial charge in [0.15, 0.2) is 11.5 Å². The van der Waals surface area contributed by atoms with Crippen LogP contribution in [0.5, 0.6) is 0 Å². The smallest absolute Gasteiger partial charge is 0.182 e. The fourth-order valence-electron chi connectivity index (χ4n) is 1.95. The summed E-state index contributed by atoms with van der Waals surface area (Å²) in [4.78, 5) is 4.56. The molecule has 0 atom stereocenters. The van der Waals surface area contributed by atoms with Crippen LogP contribution in [0.2, 0.25) is 0 Å². The highest BCUT2D eigenvalue weighted by Crippen LogP contribution is 2.18. The first-order valence-corrected chi connectivity index (χ1v) is 5.89. The molecule has 0 fully saturated rings. The van der Waals surface area contributed by atoms with E-state index in [2.05, 4.69) is 10.1 Å². The molecule has 18 heavy (non-hydrogen) atoms. The second-order valence-electron chi connectivity index (χ2n) is 4.30. The van der Waals surface area contributed by atoms with Gasteiger partial charge in [0.1, 0.15) is 0 Å². The van der Waals surface area contributed by atoms with Gasteiger partial charge in [0.05, 0.1) is 0 Å². The molecule has 0 aliphatic rings. The molecule has 3 aromatic rings. The molecular formula is C14H14N4. The zero-order valence-corrected chi connectivity index (χ0v) is 10.2. The highest BCUT2D eigenvalue weighted by molar-refractivity contribution is 5.60. The van der Waals surface area contributed by atoms with Gasteiger partial charge >= 0.3 is 0 Å². The minimum atomic E-state index is 0.554. The molecule has 2 heterocycles. The third kappa shape index (κ3) is 1.76. The van der Waals surface area contributed by atoms with Crippen molar-refractivity contribution in [2.45, 2.75) is 13.5 Å². The first-order chi connectivity index (χ1) is 8.78. The van der Waals surface area contributed by atoms with E-state index >= 15 is 0 Å². The van der Waals surface area contributed by atoms with Crippen molar-refractivity contribution >= 4 is 5.65 Å². The third-order valence-corrected chi connectivity index (χ3v) is 3.01. The largest absolute Gasteiger partial charge is 0.326 e. The summed E-state index contributed by atoms with van der Waals surface area (Å²) in [5.41, 5.74) is 9.72. The highest BCUT2D eigenvalue weighted by Gasteiger charge is 2.07. The Bertz CT molecular complexity index is 683. The summed E-state index contributed by atoms with van der Waals surface area (Å²) in [6.45, 7) is 2.59. The summed E-state index contributed by atoms with van der Waals surface area (Å²) in [7, 11) is 0. The van der Waals surface area contributed by atoms with Crippen molar-refractivity contribution < 1.29 is 0 Å². The van der Waals surface area contributed by atoms with Crippen LogP contribution in [0.3, 0.4) is 0 Å². The molecule has 90 valence electrons. The van der Waals surface area contributed by atoms with Gasteiger partial charge in [-0.05, 0) is 24.1 Å². The van der Waals surface area contributed by atoms with Crippen LogP contribution in [-0.4, -0.2) is 14.6 Å². The number of rotatable bonds is 2. The number of aryl methyl sites for hydroxylation is 1. The lowest BCUT2D eigenvalue weighted by Crippen LogP contribution is -1.95. The van der Waals surface area contributed by atoms with Gasteiger partial charge < -0.3 is 5.73 Å². The second kappa shape index (κ2) is 4.23. The number of nitrogens with two attached hydrogens (primary N) is 1. The van der Waals surface area contributed by atoms with Gasteiger partial charge in [0.25, 0.3) is 0 Å². The maximum Gasteiger partial charge on any atom is 0.182 e. The van der Waals surface area contributed by atoms with Crippen molar-refractivity contribution in [3.63, 3.8) is 0 Å². The Labute approximate surface area is 105 Å². The number of hydrogen-bond acceptors (Lipinski definition) is 3. The summed E-state index contributed by atoms with van der Waals surface area (Å²) in [5, 5.41) is 4.47. The fourth-order valence-corrected chi connectivity index (χ4v) is 1.95. The van der Waals surface area contributed by atoms with Crippen molar-refractivity contribution in [1.29, 1.82) is 0 Å². The number of hydrogen-bond donors (Lipinski definition) is 1. The van der Waals surface area contributed by atoms with Crippen LogP contribution < -0.4 is 5.73 Å². The third-order valence-electron chi connectivity index (χ3n) is 3.01. The molecule has 0 amide bonds. The molecule has 2 aromatic heterocycles. The quantitative estimate of drug-likeness (QED) is 0.744. The van der Waals surface area contributed by atoms with Crippen LogP contribution in [0.15, 0.2) is 42.6 Å². The summed E-state index contributed by atoms with van der Waals surface area (Å²) >= 11 is 0. The van der Waals surface area contributed by atoms with E-state index in [1.165, 1.54) is 0 Å². The predicted octanol–water partition coefficient (Wildman–Crippen LogP) is 2.16. The van der Waals surface area contributed by atoms with E-state index in [1.54, 1.807) is 0 Å². The highest BCUT2D eigenvalue weighted by atomic mass is 15.3. The van der Waals surface area contributed by atoms with E-state index in [4.69, 9.17) is 5.73 Å². The van der Waals surface area contributed by atoms with Crippen LogP contribution in [0, 0.1) is 6.92 Å². The average Bonchev–Trinajstić information content (AvgIpc) is 2.84. The predicted molar refractivity (Wildman–Crippen MR) is 71.1 cm³/mol. The van der Waals surface area contributed by atoms with Gasteiger partial charge in [-0.2, -0.15) is 0 Å². The lowest BCUT2D eigenvalue weighted by molar-refractivity contribution is 0.960. The Morgan fingerprint density at radius 2 is 1.94 bits per heavy atom. The van der Waals surface area contributed by atoms with E-state index in [1.807, 2.05) is 54.0 Å². The molecule has 2 N–H and O–H groups in total. The average molecular weight is 238 g/mol. The molecule has 0 bridgehead atoms. The molecular weight excluding hydrogens is 224 g/mol. The van der Waals surface area contributed by atoms with Crippen molar-refractivity contribution in [1.82, 2.24) is 14.6 Å². The lowest BCUT2D eigenvalue weighted by atomic mass is 10.1. The first-order valence-electron chi connectivity index (χ1n) is 5.89. The van der Waals surface area contributed by atoms with Crippen LogP contribution in [0.1, 0.15) is 11.1 Å². The van der Waals surface area contributed by atoms with Crippen LogP contribution in [0.4, 0.5) is 0 Å². The molecule has 0 spiro atoms. The summed E-state index contributed by atoms with van der Waals surface area (Å²) in [5.74, 6) is 0.743. The van der Waals surface area contributed by atoms with Gasteiger partial charge in [0.2, 0.25) is 0 Å². The Hall–Kier alpha value is -2.20. The molecule has 0 unspecified atom stereocenters. The Morgan fingerprint density at radius 3 is 2.61 bits per heavy atom. The van der Waals surface area contributed by atoms with Crippen LogP contribution in [0.25, 0.3) is 17.0 Å². The maximum atomic E-state index is 5.58. The van der Waals surface area contributed by atoms with Crippen molar-refractivity contribution in [2.24, 2.45) is 5.73 Å². The maximum absolute atomic E-state index is 5.58. The summed E-state index contributed by atoms with van der Waals surface area (Å²) in [6.07, 6.45) is 1.91. The molecule has 0 aliphatic heterocycles. The minimum absolute atomic E-state index is 0.554. The monoisotopic (exact) mass is 238 g/mol. The topological polar surface area (TPSA) is 56.2 Å². The number of benzene rings is 1. The molecule has 0 aliphatic carbocycles. The zero-order valence-electron chi connectivity index (χ0n) is 10.2. The standard InChI is InChI=1S/C14H14N4/c1-10-3-2-8-18-14(10)16-13(17-18)12-6-4-11(9-15)5-7-12/h2-8H,9,15H2,1H3. The van der Waals surface area contributed by atoms with Gasteiger partial charge in [-0.25, -0.2) is 9.50 Å². The van der Waals surface area contributed by atoms with Gasteiger partial charge in [0, 0.05) is 18.3 Å². The Kier molecular flexibility index (Phi) is 2.57. The van der Waals surface area contributed by atoms with E-state index in [0.717, 1.165) is 28.2 Å². The second-order valence-corrected chi connectivity index (χ2v) is 4.30. The molecule has 1 aromatic carbocycles. The summed E-state index contributed by atoms with van der Waals surface area (Å²) in [6, 6.07) is 12.0. The molecule has 0 radical (unpaired) electrons. The minimum Gasteiger partial charge on any atom is -0.326 e. The number of aromatic nitrogens is 3. The first kappa shape index (κ1) is 10.9. The van der Waals surface area contributed by atoms with E-state index < -0.39 is 0 Å². The fraction of sp³-hybridized carbons (Fsp3) is 0.143. The van der Waals surface area contributed by atoms with Gasteiger partial charge in [-0.1, -0.05) is 30.3 Å². The van der Waals surface area contributed by atoms with Crippen molar-refractivity contribution in [2.75, 3.05) is 0 Å². The molecule has 0 saturated heterocycles. The van der Waals surface area contributed by atoms with Crippen LogP contribution in [-0.2, 0) is 6.54 Å². The van der Waals surface area contributed by atoms with Crippen LogP contribution >= 0.6 is 0 Å². The Morgan fingerprint density at radius 1 is 1.17 bits per heavy atom. The number of nitrogens with zero attached hydrogens (tertiary/aromatic N) is 3. The molecule has 4 heteroatoms. The molecule has 3 rings (SSSR count). The normalized spacial score (nSPS) is 11.0. The van der Waals surface area contributed by atoms with Gasteiger partial charge in [-0.15, -0.1) is 5.10 Å². The summed E-state index contributed by atoms with van der Waals surface area (Å²) < 4.78 is 1.81. The molecule has 4 nitrogen and oxygen atoms in total.